The highest BCUT2D eigenvalue weighted by Crippen LogP contribution is 2.30. The molecule has 1 aliphatic rings. The second kappa shape index (κ2) is 6.25. The smallest absolute Gasteiger partial charge is 0.253 e. The third kappa shape index (κ3) is 3.30. The van der Waals surface area contributed by atoms with Crippen LogP contribution in [0.15, 0.2) is 22.7 Å². The summed E-state index contributed by atoms with van der Waals surface area (Å²) < 4.78 is 0.698. The topological polar surface area (TPSA) is 49.3 Å². The van der Waals surface area contributed by atoms with Gasteiger partial charge in [-0.05, 0) is 40.9 Å². The molecule has 1 aliphatic carbocycles. The van der Waals surface area contributed by atoms with Crippen LogP contribution in [0.25, 0.3) is 0 Å². The summed E-state index contributed by atoms with van der Waals surface area (Å²) in [5.74, 6) is -0.220. The summed E-state index contributed by atoms with van der Waals surface area (Å²) in [5.41, 5.74) is -0.0458. The minimum absolute atomic E-state index is 0.0235. The lowest BCUT2D eigenvalue weighted by molar-refractivity contribution is 0.0758. The zero-order valence-electron chi connectivity index (χ0n) is 10.6. The number of nitrogens with one attached hydrogen (secondary N) is 1. The monoisotopic (exact) mass is 345 g/mol. The molecule has 19 heavy (non-hydrogen) atoms. The fourth-order valence-electron chi connectivity index (χ4n) is 2.54. The average molecular weight is 347 g/mol. The van der Waals surface area contributed by atoms with Crippen molar-refractivity contribution in [2.75, 3.05) is 6.61 Å². The number of aliphatic hydroxyl groups excluding tert-OH is 1. The molecule has 0 aromatic heterocycles. The van der Waals surface area contributed by atoms with Crippen molar-refractivity contribution in [1.82, 2.24) is 5.32 Å². The van der Waals surface area contributed by atoms with E-state index in [1.807, 2.05) is 0 Å². The van der Waals surface area contributed by atoms with Crippen LogP contribution in [0.2, 0.25) is 5.02 Å². The maximum absolute atomic E-state index is 12.3. The fraction of sp³-hybridized carbons (Fsp3) is 0.500. The van der Waals surface area contributed by atoms with E-state index in [-0.39, 0.29) is 12.5 Å². The minimum atomic E-state index is -0.485. The summed E-state index contributed by atoms with van der Waals surface area (Å²) in [6.07, 6.45) is 4.87. The zero-order valence-corrected chi connectivity index (χ0v) is 12.9. The van der Waals surface area contributed by atoms with E-state index in [0.717, 1.165) is 32.1 Å². The minimum Gasteiger partial charge on any atom is -0.394 e. The Kier molecular flexibility index (Phi) is 4.87. The highest BCUT2D eigenvalue weighted by molar-refractivity contribution is 9.10. The van der Waals surface area contributed by atoms with Gasteiger partial charge in [-0.15, -0.1) is 0 Å². The molecule has 0 unspecified atom stereocenters. The van der Waals surface area contributed by atoms with Crippen LogP contribution >= 0.6 is 27.5 Å². The molecule has 3 nitrogen and oxygen atoms in total. The number of benzene rings is 1. The molecule has 2 rings (SSSR count). The molecule has 0 spiro atoms. The molecule has 0 radical (unpaired) electrons. The van der Waals surface area contributed by atoms with E-state index in [4.69, 9.17) is 11.6 Å². The summed E-state index contributed by atoms with van der Waals surface area (Å²) in [6, 6.07) is 5.26. The van der Waals surface area contributed by atoms with E-state index >= 15 is 0 Å². The van der Waals surface area contributed by atoms with E-state index < -0.39 is 5.54 Å². The molecular weight excluding hydrogens is 330 g/mol. The van der Waals surface area contributed by atoms with Crippen molar-refractivity contribution in [2.24, 2.45) is 0 Å². The zero-order chi connectivity index (χ0) is 13.9. The molecule has 2 N–H and O–H groups in total. The first-order valence-corrected chi connectivity index (χ1v) is 7.62. The van der Waals surface area contributed by atoms with Crippen LogP contribution in [0.5, 0.6) is 0 Å². The molecule has 0 heterocycles. The van der Waals surface area contributed by atoms with Gasteiger partial charge in [-0.3, -0.25) is 4.79 Å². The Morgan fingerprint density at radius 1 is 1.37 bits per heavy atom. The van der Waals surface area contributed by atoms with Crippen molar-refractivity contribution in [3.8, 4) is 0 Å². The summed E-state index contributed by atoms with van der Waals surface area (Å²) in [4.78, 5) is 12.3. The van der Waals surface area contributed by atoms with Gasteiger partial charge < -0.3 is 10.4 Å². The lowest BCUT2D eigenvalue weighted by Crippen LogP contribution is -2.52. The lowest BCUT2D eigenvalue weighted by atomic mass is 9.82. The van der Waals surface area contributed by atoms with Crippen LogP contribution in [0, 0.1) is 0 Å². The molecule has 0 aliphatic heterocycles. The Bertz CT molecular complexity index is 473. The van der Waals surface area contributed by atoms with E-state index in [1.54, 1.807) is 18.2 Å². The van der Waals surface area contributed by atoms with E-state index in [2.05, 4.69) is 21.2 Å². The summed E-state index contributed by atoms with van der Waals surface area (Å²) in [6.45, 7) is -0.0235. The Hall–Kier alpha value is -0.580. The highest BCUT2D eigenvalue weighted by atomic mass is 79.9. The van der Waals surface area contributed by atoms with Gasteiger partial charge >= 0.3 is 0 Å². The number of amides is 1. The van der Waals surface area contributed by atoms with Crippen LogP contribution < -0.4 is 5.32 Å². The van der Waals surface area contributed by atoms with Crippen LogP contribution in [-0.4, -0.2) is 23.2 Å². The van der Waals surface area contributed by atoms with Crippen LogP contribution in [0.4, 0.5) is 0 Å². The quantitative estimate of drug-likeness (QED) is 0.879. The van der Waals surface area contributed by atoms with Gasteiger partial charge in [-0.2, -0.15) is 0 Å². The molecule has 1 aromatic carbocycles. The summed E-state index contributed by atoms with van der Waals surface area (Å²) in [5, 5.41) is 13.0. The van der Waals surface area contributed by atoms with Crippen molar-refractivity contribution in [3.63, 3.8) is 0 Å². The van der Waals surface area contributed by atoms with Gasteiger partial charge in [0.05, 0.1) is 22.7 Å². The van der Waals surface area contributed by atoms with E-state index in [0.29, 0.717) is 15.1 Å². The van der Waals surface area contributed by atoms with Crippen LogP contribution in [-0.2, 0) is 0 Å². The van der Waals surface area contributed by atoms with Gasteiger partial charge in [0.15, 0.2) is 0 Å². The first-order valence-electron chi connectivity index (χ1n) is 6.45. The number of halogens is 2. The number of carbonyl (C=O) groups excluding carboxylic acids is 1. The van der Waals surface area contributed by atoms with Gasteiger partial charge in [-0.1, -0.05) is 36.9 Å². The Balaban J connectivity index is 2.17. The van der Waals surface area contributed by atoms with Crippen molar-refractivity contribution in [2.45, 2.75) is 37.6 Å². The molecular formula is C14H17BrClNO2. The lowest BCUT2D eigenvalue weighted by Gasteiger charge is -2.36. The van der Waals surface area contributed by atoms with Crippen molar-refractivity contribution in [3.05, 3.63) is 33.3 Å². The molecule has 5 heteroatoms. The van der Waals surface area contributed by atoms with Gasteiger partial charge in [0.1, 0.15) is 0 Å². The second-order valence-corrected chi connectivity index (χ2v) is 6.29. The Labute approximate surface area is 126 Å². The number of aliphatic hydroxyl groups is 1. The van der Waals surface area contributed by atoms with E-state index in [1.165, 1.54) is 0 Å². The number of hydrogen-bond donors (Lipinski definition) is 2. The highest BCUT2D eigenvalue weighted by Gasteiger charge is 2.33. The van der Waals surface area contributed by atoms with Gasteiger partial charge in [0.2, 0.25) is 0 Å². The molecule has 0 atom stereocenters. The molecule has 0 bridgehead atoms. The maximum atomic E-state index is 12.3. The predicted molar refractivity (Wildman–Crippen MR) is 79.5 cm³/mol. The summed E-state index contributed by atoms with van der Waals surface area (Å²) >= 11 is 9.43. The first-order chi connectivity index (χ1) is 9.08. The number of hydrogen-bond acceptors (Lipinski definition) is 2. The third-order valence-corrected chi connectivity index (χ3v) is 4.98. The SMILES string of the molecule is O=C(NC1(CO)CCCCC1)c1cccc(Br)c1Cl. The molecule has 0 saturated heterocycles. The van der Waals surface area contributed by atoms with Gasteiger partial charge in [0, 0.05) is 4.47 Å². The predicted octanol–water partition coefficient (Wildman–Crippen LogP) is 3.53. The third-order valence-electron chi connectivity index (χ3n) is 3.69. The van der Waals surface area contributed by atoms with Crippen molar-refractivity contribution >= 4 is 33.4 Å². The van der Waals surface area contributed by atoms with Gasteiger partial charge in [-0.25, -0.2) is 0 Å². The molecule has 1 saturated carbocycles. The molecule has 1 amide bonds. The first kappa shape index (κ1) is 14.8. The molecule has 104 valence electrons. The van der Waals surface area contributed by atoms with Gasteiger partial charge in [0.25, 0.3) is 5.91 Å². The Morgan fingerprint density at radius 3 is 2.68 bits per heavy atom. The molecule has 1 fully saturated rings. The van der Waals surface area contributed by atoms with E-state index in [9.17, 15) is 9.90 Å². The maximum Gasteiger partial charge on any atom is 0.253 e. The standard InChI is InChI=1S/C14H17BrClNO2/c15-11-6-4-5-10(12(11)16)13(19)17-14(9-18)7-2-1-3-8-14/h4-6,18H,1-3,7-9H2,(H,17,19). The van der Waals surface area contributed by atoms with Crippen molar-refractivity contribution < 1.29 is 9.90 Å². The largest absolute Gasteiger partial charge is 0.394 e. The normalized spacial score (nSPS) is 18.1. The van der Waals surface area contributed by atoms with Crippen LogP contribution in [0.3, 0.4) is 0 Å². The van der Waals surface area contributed by atoms with Crippen LogP contribution in [0.1, 0.15) is 42.5 Å². The summed E-state index contributed by atoms with van der Waals surface area (Å²) in [7, 11) is 0. The average Bonchev–Trinajstić information content (AvgIpc) is 2.42. The number of carbonyl (C=O) groups is 1. The fourth-order valence-corrected chi connectivity index (χ4v) is 3.12. The van der Waals surface area contributed by atoms with Crippen molar-refractivity contribution in [1.29, 1.82) is 0 Å². The molecule has 1 aromatic rings. The Morgan fingerprint density at radius 2 is 2.05 bits per heavy atom. The number of rotatable bonds is 3. The second-order valence-electron chi connectivity index (χ2n) is 5.05.